The van der Waals surface area contributed by atoms with Gasteiger partial charge in [-0.05, 0) is 25.5 Å². The molecule has 2 rings (SSSR count). The minimum Gasteiger partial charge on any atom is -0.504 e. The van der Waals surface area contributed by atoms with Crippen molar-refractivity contribution in [2.24, 2.45) is 0 Å². The number of aliphatic hydroxyl groups is 3. The van der Waals surface area contributed by atoms with Crippen molar-refractivity contribution in [3.05, 3.63) is 17.7 Å². The van der Waals surface area contributed by atoms with Crippen LogP contribution in [0.3, 0.4) is 0 Å². The van der Waals surface area contributed by atoms with E-state index < -0.39 is 66.1 Å². The normalized spacial score (nSPS) is 28.9. The van der Waals surface area contributed by atoms with E-state index in [9.17, 15) is 40.7 Å². The Balaban J connectivity index is 2.09. The minimum atomic E-state index is -1.70. The number of phenols is 3. The highest BCUT2D eigenvalue weighted by atomic mass is 16.7. The summed E-state index contributed by atoms with van der Waals surface area (Å²) in [5, 5.41) is 67.6. The Morgan fingerprint density at radius 2 is 1.76 bits per heavy atom. The summed E-state index contributed by atoms with van der Waals surface area (Å²) in [7, 11) is 0. The highest BCUT2D eigenvalue weighted by Crippen LogP contribution is 2.35. The number of nitriles is 1. The molecule has 6 atom stereocenters. The number of hydrogen-bond donors (Lipinski definition) is 6. The average Bonchev–Trinajstić information content (AvgIpc) is 2.70. The molecule has 29 heavy (non-hydrogen) atoms. The molecule has 1 saturated heterocycles. The highest BCUT2D eigenvalue weighted by Gasteiger charge is 2.47. The van der Waals surface area contributed by atoms with Gasteiger partial charge in [0.1, 0.15) is 31.0 Å². The maximum atomic E-state index is 12.1. The van der Waals surface area contributed by atoms with Crippen LogP contribution in [0.4, 0.5) is 0 Å². The number of phenolic OH excluding ortho intramolecular Hbond substituents is 3. The Hall–Kier alpha value is -2.62. The molecule has 0 amide bonds. The summed E-state index contributed by atoms with van der Waals surface area (Å²) in [6.45, 7) is 2.55. The third-order valence-corrected chi connectivity index (χ3v) is 4.64. The maximum absolute atomic E-state index is 12.1. The Labute approximate surface area is 165 Å². The fourth-order valence-corrected chi connectivity index (χ4v) is 2.56. The monoisotopic (exact) mass is 413 g/mol. The lowest BCUT2D eigenvalue weighted by atomic mass is 9.98. The lowest BCUT2D eigenvalue weighted by molar-refractivity contribution is -0.318. The molecular formula is C18H23NO10. The van der Waals surface area contributed by atoms with Crippen molar-refractivity contribution in [2.45, 2.75) is 56.6 Å². The van der Waals surface area contributed by atoms with Gasteiger partial charge in [-0.25, -0.2) is 4.79 Å². The smallest absolute Gasteiger partial charge is 0.338 e. The van der Waals surface area contributed by atoms with Crippen molar-refractivity contribution in [3.63, 3.8) is 0 Å². The molecule has 1 aromatic carbocycles. The quantitative estimate of drug-likeness (QED) is 0.260. The van der Waals surface area contributed by atoms with Crippen molar-refractivity contribution in [1.29, 1.82) is 5.26 Å². The molecule has 1 aliphatic rings. The van der Waals surface area contributed by atoms with Gasteiger partial charge in [-0.1, -0.05) is 6.92 Å². The van der Waals surface area contributed by atoms with Crippen molar-refractivity contribution in [2.75, 3.05) is 6.61 Å². The number of esters is 1. The van der Waals surface area contributed by atoms with Gasteiger partial charge in [0.05, 0.1) is 11.6 Å². The summed E-state index contributed by atoms with van der Waals surface area (Å²) in [6, 6.07) is 3.63. The van der Waals surface area contributed by atoms with E-state index >= 15 is 0 Å². The summed E-state index contributed by atoms with van der Waals surface area (Å²) < 4.78 is 15.8. The Kier molecular flexibility index (Phi) is 6.89. The largest absolute Gasteiger partial charge is 0.504 e. The average molecular weight is 413 g/mol. The Morgan fingerprint density at radius 1 is 1.17 bits per heavy atom. The molecular weight excluding hydrogens is 390 g/mol. The summed E-state index contributed by atoms with van der Waals surface area (Å²) >= 11 is 0. The number of ether oxygens (including phenoxy) is 3. The first-order chi connectivity index (χ1) is 13.5. The number of hydrogen-bond acceptors (Lipinski definition) is 11. The minimum absolute atomic E-state index is 0.252. The van der Waals surface area contributed by atoms with E-state index in [4.69, 9.17) is 14.2 Å². The molecule has 6 N–H and O–H groups in total. The third-order valence-electron chi connectivity index (χ3n) is 4.64. The first-order valence-electron chi connectivity index (χ1n) is 8.73. The standard InChI is InChI=1S/C18H23NO10/c1-3-18(2,7-19)29-17-15(25)14(24)13(23)11(28-17)6-27-16(26)8-4-9(20)12(22)10(21)5-8/h4-5,11,13-15,17,20-25H,3,6H2,1-2H3/t11-,13-,14+,15-,17+,18-/m1/s1. The number of aliphatic hydroxyl groups excluding tert-OH is 3. The van der Waals surface area contributed by atoms with Gasteiger partial charge in [0, 0.05) is 0 Å². The molecule has 1 aromatic rings. The van der Waals surface area contributed by atoms with E-state index in [0.717, 1.165) is 12.1 Å². The van der Waals surface area contributed by atoms with Crippen LogP contribution in [0.5, 0.6) is 17.2 Å². The van der Waals surface area contributed by atoms with Crippen LogP contribution < -0.4 is 0 Å². The molecule has 0 unspecified atom stereocenters. The van der Waals surface area contributed by atoms with E-state index in [1.54, 1.807) is 6.92 Å². The van der Waals surface area contributed by atoms with Gasteiger partial charge < -0.3 is 44.8 Å². The predicted octanol–water partition coefficient (Wildman–Crippen LogP) is -0.523. The van der Waals surface area contributed by atoms with E-state index in [1.165, 1.54) is 6.92 Å². The fraction of sp³-hybridized carbons (Fsp3) is 0.556. The molecule has 1 aliphatic heterocycles. The molecule has 0 aromatic heterocycles. The van der Waals surface area contributed by atoms with Gasteiger partial charge in [-0.2, -0.15) is 5.26 Å². The van der Waals surface area contributed by atoms with Crippen LogP contribution in [0.25, 0.3) is 0 Å². The van der Waals surface area contributed by atoms with E-state index in [0.29, 0.717) is 0 Å². The fourth-order valence-electron chi connectivity index (χ4n) is 2.56. The van der Waals surface area contributed by atoms with Crippen molar-refractivity contribution < 1.29 is 49.6 Å². The molecule has 11 nitrogen and oxygen atoms in total. The molecule has 0 radical (unpaired) electrons. The molecule has 0 aliphatic carbocycles. The van der Waals surface area contributed by atoms with Crippen LogP contribution in [-0.4, -0.2) is 79.5 Å². The van der Waals surface area contributed by atoms with E-state index in [-0.39, 0.29) is 12.0 Å². The zero-order valence-corrected chi connectivity index (χ0v) is 15.7. The Bertz CT molecular complexity index is 770. The summed E-state index contributed by atoms with van der Waals surface area (Å²) in [6.07, 6.45) is -7.50. The van der Waals surface area contributed by atoms with Gasteiger partial charge in [0.25, 0.3) is 0 Å². The first-order valence-corrected chi connectivity index (χ1v) is 8.73. The molecule has 0 bridgehead atoms. The molecule has 1 heterocycles. The second kappa shape index (κ2) is 8.81. The summed E-state index contributed by atoms with van der Waals surface area (Å²) in [5.41, 5.74) is -1.62. The van der Waals surface area contributed by atoms with E-state index in [1.807, 2.05) is 6.07 Å². The number of nitrogens with zero attached hydrogens (tertiary/aromatic N) is 1. The second-order valence-electron chi connectivity index (χ2n) is 6.79. The number of benzene rings is 1. The maximum Gasteiger partial charge on any atom is 0.338 e. The van der Waals surface area contributed by atoms with Gasteiger partial charge in [-0.15, -0.1) is 0 Å². The van der Waals surface area contributed by atoms with Crippen LogP contribution in [-0.2, 0) is 14.2 Å². The van der Waals surface area contributed by atoms with Gasteiger partial charge in [0.15, 0.2) is 29.1 Å². The predicted molar refractivity (Wildman–Crippen MR) is 93.8 cm³/mol. The molecule has 0 saturated carbocycles. The third kappa shape index (κ3) is 4.87. The van der Waals surface area contributed by atoms with E-state index in [2.05, 4.69) is 0 Å². The first kappa shape index (κ1) is 22.7. The highest BCUT2D eigenvalue weighted by molar-refractivity contribution is 5.91. The van der Waals surface area contributed by atoms with Crippen LogP contribution in [0.2, 0.25) is 0 Å². The Morgan fingerprint density at radius 3 is 2.28 bits per heavy atom. The van der Waals surface area contributed by atoms with Crippen molar-refractivity contribution in [3.8, 4) is 23.3 Å². The van der Waals surface area contributed by atoms with Gasteiger partial charge in [-0.3, -0.25) is 0 Å². The molecule has 11 heteroatoms. The number of aromatic hydroxyl groups is 3. The van der Waals surface area contributed by atoms with Crippen LogP contribution in [0.1, 0.15) is 30.6 Å². The van der Waals surface area contributed by atoms with Crippen LogP contribution >= 0.6 is 0 Å². The summed E-state index contributed by atoms with van der Waals surface area (Å²) in [4.78, 5) is 12.1. The molecule has 0 spiro atoms. The van der Waals surface area contributed by atoms with Crippen molar-refractivity contribution in [1.82, 2.24) is 0 Å². The molecule has 160 valence electrons. The van der Waals surface area contributed by atoms with Crippen LogP contribution in [0, 0.1) is 11.3 Å². The number of carbonyl (C=O) groups is 1. The van der Waals surface area contributed by atoms with Crippen LogP contribution in [0.15, 0.2) is 12.1 Å². The lowest BCUT2D eigenvalue weighted by Gasteiger charge is -2.41. The lowest BCUT2D eigenvalue weighted by Crippen LogP contribution is -2.60. The molecule has 1 fully saturated rings. The van der Waals surface area contributed by atoms with Gasteiger partial charge in [0.2, 0.25) is 0 Å². The van der Waals surface area contributed by atoms with Crippen molar-refractivity contribution >= 4 is 5.97 Å². The van der Waals surface area contributed by atoms with Gasteiger partial charge >= 0.3 is 5.97 Å². The zero-order valence-electron chi connectivity index (χ0n) is 15.7. The SMILES string of the molecule is CC[C@](C)(C#N)O[C@@H]1O[C@H](COC(=O)c2cc(O)c(O)c(O)c2)[C@@H](O)[C@H](O)[C@H]1O. The number of rotatable bonds is 6. The topological polar surface area (TPSA) is 190 Å². The second-order valence-corrected chi connectivity index (χ2v) is 6.79. The zero-order chi connectivity index (χ0) is 21.9. The number of carbonyl (C=O) groups excluding carboxylic acids is 1. The summed E-state index contributed by atoms with van der Waals surface area (Å²) in [5.74, 6) is -3.32.